The number of carbonyl (C=O) groups is 1. The van der Waals surface area contributed by atoms with E-state index in [1.54, 1.807) is 21.0 Å². The number of H-pyrrole nitrogens is 1. The van der Waals surface area contributed by atoms with Crippen LogP contribution >= 0.6 is 11.8 Å². The van der Waals surface area contributed by atoms with Crippen molar-refractivity contribution in [3.8, 4) is 0 Å². The molecule has 0 spiro atoms. The van der Waals surface area contributed by atoms with Crippen LogP contribution in [0.15, 0.2) is 9.95 Å². The van der Waals surface area contributed by atoms with E-state index >= 15 is 0 Å². The Balaban J connectivity index is 2.49. The summed E-state index contributed by atoms with van der Waals surface area (Å²) in [5, 5.41) is 3.15. The van der Waals surface area contributed by atoms with Crippen molar-refractivity contribution >= 4 is 17.7 Å². The number of aromatic amines is 1. The number of ether oxygens (including phenoxy) is 1. The van der Waals surface area contributed by atoms with E-state index in [-0.39, 0.29) is 17.2 Å². The number of nitrogens with zero attached hydrogens (tertiary/aromatic N) is 1. The molecule has 0 bridgehead atoms. The summed E-state index contributed by atoms with van der Waals surface area (Å²) in [4.78, 5) is 29.7. The number of hydrogen-bond acceptors (Lipinski definition) is 5. The van der Waals surface area contributed by atoms with E-state index in [1.807, 2.05) is 0 Å². The van der Waals surface area contributed by atoms with Crippen LogP contribution in [0, 0.1) is 13.8 Å². The average molecular weight is 271 g/mol. The molecule has 18 heavy (non-hydrogen) atoms. The largest absolute Gasteiger partial charge is 0.383 e. The zero-order valence-corrected chi connectivity index (χ0v) is 11.5. The quantitative estimate of drug-likeness (QED) is 0.440. The van der Waals surface area contributed by atoms with Gasteiger partial charge >= 0.3 is 0 Å². The number of rotatable bonds is 6. The van der Waals surface area contributed by atoms with E-state index < -0.39 is 0 Å². The molecular weight excluding hydrogens is 254 g/mol. The Morgan fingerprint density at radius 1 is 1.50 bits per heavy atom. The molecule has 0 unspecified atom stereocenters. The van der Waals surface area contributed by atoms with Crippen molar-refractivity contribution in [2.75, 3.05) is 26.0 Å². The summed E-state index contributed by atoms with van der Waals surface area (Å²) in [6.07, 6.45) is 0. The minimum Gasteiger partial charge on any atom is -0.383 e. The third kappa shape index (κ3) is 4.50. The van der Waals surface area contributed by atoms with Crippen LogP contribution < -0.4 is 10.9 Å². The molecule has 0 aliphatic rings. The van der Waals surface area contributed by atoms with E-state index in [2.05, 4.69) is 15.3 Å². The van der Waals surface area contributed by atoms with Gasteiger partial charge < -0.3 is 15.0 Å². The van der Waals surface area contributed by atoms with Crippen LogP contribution in [0.1, 0.15) is 11.3 Å². The molecule has 0 radical (unpaired) electrons. The lowest BCUT2D eigenvalue weighted by molar-refractivity contribution is -0.118. The van der Waals surface area contributed by atoms with Crippen LogP contribution in [0.25, 0.3) is 0 Å². The Labute approximate surface area is 110 Å². The van der Waals surface area contributed by atoms with Gasteiger partial charge in [0.05, 0.1) is 12.4 Å². The molecule has 1 rings (SSSR count). The predicted molar refractivity (Wildman–Crippen MR) is 69.9 cm³/mol. The zero-order chi connectivity index (χ0) is 13.5. The fourth-order valence-corrected chi connectivity index (χ4v) is 1.90. The number of methoxy groups -OCH3 is 1. The minimum absolute atomic E-state index is 0.113. The smallest absolute Gasteiger partial charge is 0.254 e. The first-order chi connectivity index (χ1) is 8.54. The topological polar surface area (TPSA) is 84.1 Å². The van der Waals surface area contributed by atoms with Gasteiger partial charge in [-0.05, 0) is 13.8 Å². The van der Waals surface area contributed by atoms with Gasteiger partial charge in [-0.2, -0.15) is 0 Å². The van der Waals surface area contributed by atoms with Crippen molar-refractivity contribution in [2.24, 2.45) is 0 Å². The summed E-state index contributed by atoms with van der Waals surface area (Å²) >= 11 is 1.20. The molecule has 0 fully saturated rings. The molecule has 100 valence electrons. The van der Waals surface area contributed by atoms with Gasteiger partial charge in [0.15, 0.2) is 5.16 Å². The van der Waals surface area contributed by atoms with Crippen molar-refractivity contribution in [3.63, 3.8) is 0 Å². The molecule has 6 nitrogen and oxygen atoms in total. The molecule has 1 aromatic rings. The summed E-state index contributed by atoms with van der Waals surface area (Å²) in [5.74, 6) is 0.104. The average Bonchev–Trinajstić information content (AvgIpc) is 2.33. The van der Waals surface area contributed by atoms with Crippen LogP contribution in [0.2, 0.25) is 0 Å². The summed E-state index contributed by atoms with van der Waals surface area (Å²) in [5.41, 5.74) is 1.12. The lowest BCUT2D eigenvalue weighted by Gasteiger charge is -2.05. The molecule has 0 atom stereocenters. The number of amides is 1. The highest BCUT2D eigenvalue weighted by Gasteiger charge is 2.07. The molecule has 1 amide bonds. The second-order valence-corrected chi connectivity index (χ2v) is 4.68. The predicted octanol–water partition coefficient (Wildman–Crippen LogP) is 0.241. The Kier molecular flexibility index (Phi) is 5.87. The molecule has 1 heterocycles. The zero-order valence-electron chi connectivity index (χ0n) is 10.7. The van der Waals surface area contributed by atoms with Crippen LogP contribution in [-0.2, 0) is 9.53 Å². The molecule has 0 aliphatic heterocycles. The molecular formula is C11H17N3O3S. The Morgan fingerprint density at radius 2 is 2.22 bits per heavy atom. The van der Waals surface area contributed by atoms with Crippen LogP contribution in [0.5, 0.6) is 0 Å². The number of carbonyl (C=O) groups excluding carboxylic acids is 1. The SMILES string of the molecule is COCCNC(=O)CSc1nc(C)c(C)c(=O)[nH]1. The number of nitrogens with one attached hydrogen (secondary N) is 2. The van der Waals surface area contributed by atoms with Gasteiger partial charge in [0.2, 0.25) is 5.91 Å². The first-order valence-corrected chi connectivity index (χ1v) is 6.49. The third-order valence-corrected chi connectivity index (χ3v) is 3.21. The highest BCUT2D eigenvalue weighted by atomic mass is 32.2. The minimum atomic E-state index is -0.162. The van der Waals surface area contributed by atoms with Gasteiger partial charge in [-0.15, -0.1) is 0 Å². The number of hydrogen-bond donors (Lipinski definition) is 2. The maximum atomic E-state index is 11.5. The molecule has 2 N–H and O–H groups in total. The van der Waals surface area contributed by atoms with Crippen LogP contribution in [0.3, 0.4) is 0 Å². The summed E-state index contributed by atoms with van der Waals surface area (Å²) < 4.78 is 4.82. The molecule has 0 aromatic carbocycles. The molecule has 1 aromatic heterocycles. The van der Waals surface area contributed by atoms with Crippen molar-refractivity contribution < 1.29 is 9.53 Å². The number of aromatic nitrogens is 2. The van der Waals surface area contributed by atoms with Gasteiger partial charge in [0, 0.05) is 24.9 Å². The maximum absolute atomic E-state index is 11.5. The third-order valence-electron chi connectivity index (χ3n) is 2.34. The standard InChI is InChI=1S/C11H17N3O3S/c1-7-8(2)13-11(14-10(7)16)18-6-9(15)12-4-5-17-3/h4-6H2,1-3H3,(H,12,15)(H,13,14,16). The van der Waals surface area contributed by atoms with Gasteiger partial charge in [0.25, 0.3) is 5.56 Å². The van der Waals surface area contributed by atoms with E-state index in [0.717, 1.165) is 0 Å². The van der Waals surface area contributed by atoms with E-state index in [0.29, 0.717) is 29.6 Å². The van der Waals surface area contributed by atoms with Crippen molar-refractivity contribution in [2.45, 2.75) is 19.0 Å². The summed E-state index contributed by atoms with van der Waals surface area (Å²) in [6, 6.07) is 0. The van der Waals surface area contributed by atoms with Crippen LogP contribution in [0.4, 0.5) is 0 Å². The maximum Gasteiger partial charge on any atom is 0.254 e. The molecule has 0 aliphatic carbocycles. The van der Waals surface area contributed by atoms with Crippen molar-refractivity contribution in [1.82, 2.24) is 15.3 Å². The van der Waals surface area contributed by atoms with Crippen molar-refractivity contribution in [1.29, 1.82) is 0 Å². The highest BCUT2D eigenvalue weighted by molar-refractivity contribution is 7.99. The normalized spacial score (nSPS) is 10.4. The second-order valence-electron chi connectivity index (χ2n) is 3.71. The molecule has 0 saturated heterocycles. The van der Waals surface area contributed by atoms with Crippen LogP contribution in [-0.4, -0.2) is 41.9 Å². The summed E-state index contributed by atoms with van der Waals surface area (Å²) in [6.45, 7) is 4.45. The Hall–Kier alpha value is -1.34. The first kappa shape index (κ1) is 14.7. The first-order valence-electron chi connectivity index (χ1n) is 5.50. The molecule has 0 saturated carbocycles. The number of aryl methyl sites for hydroxylation is 1. The van der Waals surface area contributed by atoms with Gasteiger partial charge in [-0.25, -0.2) is 4.98 Å². The Morgan fingerprint density at radius 3 is 2.83 bits per heavy atom. The second kappa shape index (κ2) is 7.17. The lowest BCUT2D eigenvalue weighted by atomic mass is 10.3. The fraction of sp³-hybridized carbons (Fsp3) is 0.545. The highest BCUT2D eigenvalue weighted by Crippen LogP contribution is 2.11. The van der Waals surface area contributed by atoms with Crippen molar-refractivity contribution in [3.05, 3.63) is 21.6 Å². The monoisotopic (exact) mass is 271 g/mol. The van der Waals surface area contributed by atoms with E-state index in [9.17, 15) is 9.59 Å². The fourth-order valence-electron chi connectivity index (χ4n) is 1.17. The lowest BCUT2D eigenvalue weighted by Crippen LogP contribution is -2.28. The van der Waals surface area contributed by atoms with E-state index in [4.69, 9.17) is 4.74 Å². The molecule has 7 heteroatoms. The van der Waals surface area contributed by atoms with Gasteiger partial charge in [-0.1, -0.05) is 11.8 Å². The Bertz CT molecular complexity index is 473. The number of thioether (sulfide) groups is 1. The summed E-state index contributed by atoms with van der Waals surface area (Å²) in [7, 11) is 1.57. The van der Waals surface area contributed by atoms with Gasteiger partial charge in [-0.3, -0.25) is 9.59 Å². The van der Waals surface area contributed by atoms with Gasteiger partial charge in [0.1, 0.15) is 0 Å². The van der Waals surface area contributed by atoms with E-state index in [1.165, 1.54) is 11.8 Å².